The van der Waals surface area contributed by atoms with Gasteiger partial charge in [-0.25, -0.2) is 4.98 Å². The van der Waals surface area contributed by atoms with E-state index in [1.807, 2.05) is 0 Å². The highest BCUT2D eigenvalue weighted by Crippen LogP contribution is 2.21. The van der Waals surface area contributed by atoms with Crippen LogP contribution < -0.4 is 10.1 Å². The van der Waals surface area contributed by atoms with Gasteiger partial charge in [0.25, 0.3) is 5.91 Å². The van der Waals surface area contributed by atoms with Gasteiger partial charge in [-0.3, -0.25) is 10.1 Å². The van der Waals surface area contributed by atoms with Crippen LogP contribution in [-0.2, 0) is 0 Å². The largest absolute Gasteiger partial charge is 0.497 e. The molecule has 0 spiro atoms. The summed E-state index contributed by atoms with van der Waals surface area (Å²) in [6, 6.07) is 8.66. The summed E-state index contributed by atoms with van der Waals surface area (Å²) in [5, 5.41) is 2.59. The predicted molar refractivity (Wildman–Crippen MR) is 80.5 cm³/mol. The molecule has 7 heteroatoms. The van der Waals surface area contributed by atoms with Crippen molar-refractivity contribution in [2.45, 2.75) is 0 Å². The van der Waals surface area contributed by atoms with Gasteiger partial charge >= 0.3 is 6.01 Å². The number of amides is 1. The molecule has 3 aromatic rings. The molecular weight excluding hydrogens is 338 g/mol. The van der Waals surface area contributed by atoms with Crippen LogP contribution in [0.1, 0.15) is 10.4 Å². The van der Waals surface area contributed by atoms with Gasteiger partial charge in [-0.1, -0.05) is 6.07 Å². The van der Waals surface area contributed by atoms with Crippen LogP contribution in [0.2, 0.25) is 0 Å². The van der Waals surface area contributed by atoms with Gasteiger partial charge in [0.05, 0.1) is 7.11 Å². The Kier molecular flexibility index (Phi) is 3.57. The number of methoxy groups -OCH3 is 1. The summed E-state index contributed by atoms with van der Waals surface area (Å²) in [6.07, 6.45) is 1.60. The third kappa shape index (κ3) is 2.87. The molecule has 21 heavy (non-hydrogen) atoms. The quantitative estimate of drug-likeness (QED) is 0.786. The van der Waals surface area contributed by atoms with Crippen LogP contribution in [0.3, 0.4) is 0 Å². The Balaban J connectivity index is 1.85. The number of benzene rings is 1. The van der Waals surface area contributed by atoms with Crippen LogP contribution in [0.4, 0.5) is 6.01 Å². The van der Waals surface area contributed by atoms with E-state index in [0.717, 1.165) is 4.47 Å². The second-order valence-electron chi connectivity index (χ2n) is 4.18. The number of hydrogen-bond donors (Lipinski definition) is 1. The normalized spacial score (nSPS) is 10.6. The second kappa shape index (κ2) is 5.53. The summed E-state index contributed by atoms with van der Waals surface area (Å²) >= 11 is 3.30. The monoisotopic (exact) mass is 347 g/mol. The fourth-order valence-corrected chi connectivity index (χ4v) is 2.10. The molecule has 0 radical (unpaired) electrons. The number of carbonyl (C=O) groups is 1. The van der Waals surface area contributed by atoms with E-state index in [2.05, 4.69) is 31.2 Å². The fraction of sp³-hybridized carbons (Fsp3) is 0.0714. The Morgan fingerprint density at radius 2 is 2.24 bits per heavy atom. The number of rotatable bonds is 3. The molecule has 6 nitrogen and oxygen atoms in total. The Morgan fingerprint density at radius 1 is 1.38 bits per heavy atom. The van der Waals surface area contributed by atoms with E-state index in [0.29, 0.717) is 22.5 Å². The number of nitrogens with one attached hydrogen (secondary N) is 1. The minimum atomic E-state index is -0.334. The highest BCUT2D eigenvalue weighted by Gasteiger charge is 2.12. The molecule has 0 saturated heterocycles. The summed E-state index contributed by atoms with van der Waals surface area (Å²) in [5.41, 5.74) is 1.37. The average molecular weight is 348 g/mol. The van der Waals surface area contributed by atoms with Crippen molar-refractivity contribution in [2.75, 3.05) is 12.4 Å². The van der Waals surface area contributed by atoms with Crippen molar-refractivity contribution >= 4 is 39.1 Å². The zero-order chi connectivity index (χ0) is 14.8. The number of fused-ring (bicyclic) bond motifs is 1. The van der Waals surface area contributed by atoms with E-state index in [-0.39, 0.29) is 11.9 Å². The minimum absolute atomic E-state index is 0.100. The SMILES string of the molecule is COc1cccc(C(=O)Nc2nc3cc(Br)cnc3o2)c1. The van der Waals surface area contributed by atoms with Crippen molar-refractivity contribution in [3.8, 4) is 5.75 Å². The first-order chi connectivity index (χ1) is 10.2. The van der Waals surface area contributed by atoms with Crippen molar-refractivity contribution in [1.82, 2.24) is 9.97 Å². The van der Waals surface area contributed by atoms with Gasteiger partial charge in [0.2, 0.25) is 5.71 Å². The predicted octanol–water partition coefficient (Wildman–Crippen LogP) is 3.25. The molecule has 0 saturated carbocycles. The lowest BCUT2D eigenvalue weighted by Crippen LogP contribution is -2.12. The van der Waals surface area contributed by atoms with Crippen molar-refractivity contribution < 1.29 is 13.9 Å². The maximum absolute atomic E-state index is 12.1. The zero-order valence-corrected chi connectivity index (χ0v) is 12.5. The first kappa shape index (κ1) is 13.6. The average Bonchev–Trinajstić information content (AvgIpc) is 2.88. The maximum Gasteiger partial charge on any atom is 0.304 e. The third-order valence-corrected chi connectivity index (χ3v) is 3.20. The Hall–Kier alpha value is -2.41. The highest BCUT2D eigenvalue weighted by molar-refractivity contribution is 9.10. The number of ether oxygens (including phenoxy) is 1. The lowest BCUT2D eigenvalue weighted by molar-refractivity contribution is 0.102. The number of oxazole rings is 1. The molecule has 1 N–H and O–H groups in total. The fourth-order valence-electron chi connectivity index (χ4n) is 1.79. The molecular formula is C14H10BrN3O3. The van der Waals surface area contributed by atoms with E-state index in [4.69, 9.17) is 9.15 Å². The number of nitrogens with zero attached hydrogens (tertiary/aromatic N) is 2. The molecule has 0 unspecified atom stereocenters. The van der Waals surface area contributed by atoms with Crippen molar-refractivity contribution in [3.63, 3.8) is 0 Å². The number of hydrogen-bond acceptors (Lipinski definition) is 5. The number of aromatic nitrogens is 2. The van der Waals surface area contributed by atoms with Gasteiger partial charge in [0.15, 0.2) is 0 Å². The van der Waals surface area contributed by atoms with Crippen LogP contribution in [0, 0.1) is 0 Å². The molecule has 2 aromatic heterocycles. The van der Waals surface area contributed by atoms with Crippen LogP contribution in [0.25, 0.3) is 11.2 Å². The summed E-state index contributed by atoms with van der Waals surface area (Å²) in [4.78, 5) is 20.4. The number of halogens is 1. The first-order valence-electron chi connectivity index (χ1n) is 6.03. The summed E-state index contributed by atoms with van der Waals surface area (Å²) in [5.74, 6) is 0.269. The number of anilines is 1. The molecule has 106 valence electrons. The molecule has 0 aliphatic carbocycles. The van der Waals surface area contributed by atoms with Gasteiger partial charge in [0, 0.05) is 16.2 Å². The van der Waals surface area contributed by atoms with E-state index >= 15 is 0 Å². The van der Waals surface area contributed by atoms with Crippen LogP contribution in [-0.4, -0.2) is 23.0 Å². The van der Waals surface area contributed by atoms with Crippen molar-refractivity contribution in [2.24, 2.45) is 0 Å². The minimum Gasteiger partial charge on any atom is -0.497 e. The van der Waals surface area contributed by atoms with Crippen LogP contribution >= 0.6 is 15.9 Å². The van der Waals surface area contributed by atoms with Crippen molar-refractivity contribution in [1.29, 1.82) is 0 Å². The Labute approximate surface area is 128 Å². The molecule has 1 aromatic carbocycles. The molecule has 0 atom stereocenters. The molecule has 1 amide bonds. The highest BCUT2D eigenvalue weighted by atomic mass is 79.9. The number of carbonyl (C=O) groups excluding carboxylic acids is 1. The molecule has 0 aliphatic heterocycles. The van der Waals surface area contributed by atoms with E-state index in [9.17, 15) is 4.79 Å². The van der Waals surface area contributed by atoms with Crippen LogP contribution in [0.5, 0.6) is 5.75 Å². The van der Waals surface area contributed by atoms with E-state index in [1.165, 1.54) is 0 Å². The third-order valence-electron chi connectivity index (χ3n) is 2.77. The smallest absolute Gasteiger partial charge is 0.304 e. The lowest BCUT2D eigenvalue weighted by atomic mass is 10.2. The molecule has 2 heterocycles. The van der Waals surface area contributed by atoms with E-state index in [1.54, 1.807) is 43.6 Å². The van der Waals surface area contributed by atoms with Gasteiger partial charge in [-0.15, -0.1) is 0 Å². The van der Waals surface area contributed by atoms with Gasteiger partial charge in [-0.2, -0.15) is 4.98 Å². The topological polar surface area (TPSA) is 77.2 Å². The van der Waals surface area contributed by atoms with Gasteiger partial charge < -0.3 is 9.15 Å². The summed E-state index contributed by atoms with van der Waals surface area (Å²) in [7, 11) is 1.54. The lowest BCUT2D eigenvalue weighted by Gasteiger charge is -2.03. The van der Waals surface area contributed by atoms with E-state index < -0.39 is 0 Å². The van der Waals surface area contributed by atoms with Gasteiger partial charge in [-0.05, 0) is 40.2 Å². The Bertz CT molecular complexity index is 816. The molecule has 0 aliphatic rings. The zero-order valence-electron chi connectivity index (χ0n) is 11.0. The van der Waals surface area contributed by atoms with Crippen LogP contribution in [0.15, 0.2) is 45.4 Å². The van der Waals surface area contributed by atoms with Crippen molar-refractivity contribution in [3.05, 3.63) is 46.6 Å². The standard InChI is InChI=1S/C14H10BrN3O3/c1-20-10-4-2-3-8(5-10)12(19)18-14-17-11-6-9(15)7-16-13(11)21-14/h2-7H,1H3,(H,17,18,19). The second-order valence-corrected chi connectivity index (χ2v) is 5.10. The van der Waals surface area contributed by atoms with Gasteiger partial charge in [0.1, 0.15) is 11.3 Å². The maximum atomic E-state index is 12.1. The first-order valence-corrected chi connectivity index (χ1v) is 6.82. The summed E-state index contributed by atoms with van der Waals surface area (Å²) < 4.78 is 11.2. The Morgan fingerprint density at radius 3 is 3.05 bits per heavy atom. The molecule has 0 fully saturated rings. The number of pyridine rings is 1. The molecule has 0 bridgehead atoms. The summed E-state index contributed by atoms with van der Waals surface area (Å²) in [6.45, 7) is 0. The molecule has 3 rings (SSSR count).